The number of aryl methyl sites for hydroxylation is 2. The minimum Gasteiger partial charge on any atom is -0.348 e. The van der Waals surface area contributed by atoms with Gasteiger partial charge in [-0.05, 0) is 32.2 Å². The summed E-state index contributed by atoms with van der Waals surface area (Å²) in [6.45, 7) is 5.39. The Bertz CT molecular complexity index is 662. The van der Waals surface area contributed by atoms with E-state index in [0.29, 0.717) is 17.1 Å². The van der Waals surface area contributed by atoms with Crippen LogP contribution in [0.2, 0.25) is 0 Å². The highest BCUT2D eigenvalue weighted by Crippen LogP contribution is 2.18. The lowest BCUT2D eigenvalue weighted by atomic mass is 10.1. The Kier molecular flexibility index (Phi) is 4.34. The van der Waals surface area contributed by atoms with Crippen LogP contribution in [0, 0.1) is 13.8 Å². The maximum absolute atomic E-state index is 12.0. The van der Waals surface area contributed by atoms with Crippen molar-refractivity contribution in [2.75, 3.05) is 0 Å². The number of nitrogens with one attached hydrogen (secondary N) is 2. The number of amides is 1. The minimum absolute atomic E-state index is 0.0458. The SMILES string of the molecule is Cc1nc(C)c(CC(=O)NC(C)c2cccs2)c(=O)[nH]1. The van der Waals surface area contributed by atoms with Crippen LogP contribution in [0.1, 0.15) is 34.9 Å². The van der Waals surface area contributed by atoms with E-state index in [2.05, 4.69) is 15.3 Å². The van der Waals surface area contributed by atoms with E-state index in [1.807, 2.05) is 24.4 Å². The maximum atomic E-state index is 12.0. The van der Waals surface area contributed by atoms with Gasteiger partial charge in [-0.25, -0.2) is 4.98 Å². The summed E-state index contributed by atoms with van der Waals surface area (Å²) in [4.78, 5) is 31.8. The molecule has 0 saturated carbocycles. The average molecular weight is 291 g/mol. The smallest absolute Gasteiger partial charge is 0.254 e. The van der Waals surface area contributed by atoms with Crippen molar-refractivity contribution in [3.63, 3.8) is 0 Å². The standard InChI is InChI=1S/C14H17N3O2S/c1-8-11(14(19)17-10(3)15-8)7-13(18)16-9(2)12-5-4-6-20-12/h4-6,9H,7H2,1-3H3,(H,16,18)(H,15,17,19). The molecule has 0 spiro atoms. The van der Waals surface area contributed by atoms with Gasteiger partial charge in [0, 0.05) is 16.1 Å². The molecular weight excluding hydrogens is 274 g/mol. The van der Waals surface area contributed by atoms with E-state index in [4.69, 9.17) is 0 Å². The molecule has 0 aliphatic rings. The lowest BCUT2D eigenvalue weighted by molar-refractivity contribution is -0.121. The monoisotopic (exact) mass is 291 g/mol. The highest BCUT2D eigenvalue weighted by molar-refractivity contribution is 7.10. The largest absolute Gasteiger partial charge is 0.348 e. The third kappa shape index (κ3) is 3.33. The van der Waals surface area contributed by atoms with Crippen molar-refractivity contribution in [1.29, 1.82) is 0 Å². The summed E-state index contributed by atoms with van der Waals surface area (Å²) >= 11 is 1.59. The Hall–Kier alpha value is -1.95. The molecular formula is C14H17N3O2S. The molecule has 0 bridgehead atoms. The molecule has 0 saturated heterocycles. The molecule has 0 radical (unpaired) electrons. The summed E-state index contributed by atoms with van der Waals surface area (Å²) in [5, 5.41) is 4.86. The zero-order valence-electron chi connectivity index (χ0n) is 11.7. The van der Waals surface area contributed by atoms with Crippen molar-refractivity contribution >= 4 is 17.2 Å². The van der Waals surface area contributed by atoms with Crippen LogP contribution in [0.25, 0.3) is 0 Å². The van der Waals surface area contributed by atoms with Gasteiger partial charge in [0.15, 0.2) is 0 Å². The molecule has 2 aromatic rings. The molecule has 20 heavy (non-hydrogen) atoms. The Labute approximate surface area is 121 Å². The van der Waals surface area contributed by atoms with Crippen molar-refractivity contribution in [1.82, 2.24) is 15.3 Å². The molecule has 106 valence electrons. The summed E-state index contributed by atoms with van der Waals surface area (Å²) in [6, 6.07) is 3.86. The summed E-state index contributed by atoms with van der Waals surface area (Å²) in [5.74, 6) is 0.383. The van der Waals surface area contributed by atoms with Crippen molar-refractivity contribution in [2.45, 2.75) is 33.2 Å². The first kappa shape index (κ1) is 14.5. The quantitative estimate of drug-likeness (QED) is 0.903. The van der Waals surface area contributed by atoms with Gasteiger partial charge in [0.1, 0.15) is 5.82 Å². The third-order valence-corrected chi connectivity index (χ3v) is 4.08. The molecule has 0 aliphatic carbocycles. The second-order valence-corrected chi connectivity index (χ2v) is 5.68. The number of hydrogen-bond donors (Lipinski definition) is 2. The Morgan fingerprint density at radius 1 is 1.50 bits per heavy atom. The second kappa shape index (κ2) is 6.00. The second-order valence-electron chi connectivity index (χ2n) is 4.70. The molecule has 5 nitrogen and oxygen atoms in total. The van der Waals surface area contributed by atoms with E-state index < -0.39 is 0 Å². The fourth-order valence-corrected chi connectivity index (χ4v) is 2.76. The van der Waals surface area contributed by atoms with Crippen molar-refractivity contribution < 1.29 is 4.79 Å². The molecule has 2 N–H and O–H groups in total. The first-order chi connectivity index (χ1) is 9.47. The van der Waals surface area contributed by atoms with Crippen LogP contribution < -0.4 is 10.9 Å². The van der Waals surface area contributed by atoms with Crippen LogP contribution >= 0.6 is 11.3 Å². The Morgan fingerprint density at radius 2 is 2.25 bits per heavy atom. The molecule has 2 rings (SSSR count). The summed E-state index contributed by atoms with van der Waals surface area (Å²) in [5.41, 5.74) is 0.783. The lowest BCUT2D eigenvalue weighted by Crippen LogP contribution is -2.30. The number of rotatable bonds is 4. The van der Waals surface area contributed by atoms with Crippen LogP contribution in [-0.4, -0.2) is 15.9 Å². The van der Waals surface area contributed by atoms with Gasteiger partial charge in [0.05, 0.1) is 12.5 Å². The van der Waals surface area contributed by atoms with Gasteiger partial charge in [-0.3, -0.25) is 9.59 Å². The molecule has 6 heteroatoms. The van der Waals surface area contributed by atoms with Gasteiger partial charge in [-0.2, -0.15) is 0 Å². The van der Waals surface area contributed by atoms with E-state index in [0.717, 1.165) is 4.88 Å². The highest BCUT2D eigenvalue weighted by atomic mass is 32.1. The number of thiophene rings is 1. The van der Waals surface area contributed by atoms with Crippen molar-refractivity contribution in [2.24, 2.45) is 0 Å². The number of nitrogens with zero attached hydrogens (tertiary/aromatic N) is 1. The van der Waals surface area contributed by atoms with Crippen LogP contribution in [-0.2, 0) is 11.2 Å². The van der Waals surface area contributed by atoms with E-state index in [1.54, 1.807) is 25.2 Å². The fourth-order valence-electron chi connectivity index (χ4n) is 2.02. The number of hydrogen-bond acceptors (Lipinski definition) is 4. The normalized spacial score (nSPS) is 12.2. The van der Waals surface area contributed by atoms with Crippen LogP contribution in [0.3, 0.4) is 0 Å². The van der Waals surface area contributed by atoms with E-state index >= 15 is 0 Å². The predicted molar refractivity (Wildman–Crippen MR) is 78.9 cm³/mol. The molecule has 0 fully saturated rings. The molecule has 1 unspecified atom stereocenters. The topological polar surface area (TPSA) is 74.8 Å². The fraction of sp³-hybridized carbons (Fsp3) is 0.357. The third-order valence-electron chi connectivity index (χ3n) is 3.03. The predicted octanol–water partition coefficient (Wildman–Crippen LogP) is 1.87. The first-order valence-corrected chi connectivity index (χ1v) is 7.24. The maximum Gasteiger partial charge on any atom is 0.254 e. The van der Waals surface area contributed by atoms with Gasteiger partial charge in [-0.15, -0.1) is 11.3 Å². The number of H-pyrrole nitrogens is 1. The van der Waals surface area contributed by atoms with Gasteiger partial charge in [0.2, 0.25) is 5.91 Å². The Morgan fingerprint density at radius 3 is 2.85 bits per heavy atom. The van der Waals surface area contributed by atoms with Gasteiger partial charge >= 0.3 is 0 Å². The number of aromatic amines is 1. The summed E-state index contributed by atoms with van der Waals surface area (Å²) in [7, 11) is 0. The van der Waals surface area contributed by atoms with E-state index in [-0.39, 0.29) is 23.9 Å². The number of aromatic nitrogens is 2. The summed E-state index contributed by atoms with van der Waals surface area (Å²) in [6.07, 6.45) is 0.0458. The van der Waals surface area contributed by atoms with Gasteiger partial charge in [0.25, 0.3) is 5.56 Å². The number of carbonyl (C=O) groups is 1. The van der Waals surface area contributed by atoms with Crippen LogP contribution in [0.4, 0.5) is 0 Å². The van der Waals surface area contributed by atoms with Crippen molar-refractivity contribution in [3.05, 3.63) is 49.8 Å². The highest BCUT2D eigenvalue weighted by Gasteiger charge is 2.14. The van der Waals surface area contributed by atoms with E-state index in [9.17, 15) is 9.59 Å². The minimum atomic E-state index is -0.242. The number of carbonyl (C=O) groups excluding carboxylic acids is 1. The van der Waals surface area contributed by atoms with Crippen molar-refractivity contribution in [3.8, 4) is 0 Å². The first-order valence-electron chi connectivity index (χ1n) is 6.36. The van der Waals surface area contributed by atoms with Crippen LogP contribution in [0.5, 0.6) is 0 Å². The molecule has 0 aliphatic heterocycles. The molecule has 2 heterocycles. The van der Waals surface area contributed by atoms with Gasteiger partial charge < -0.3 is 10.3 Å². The zero-order valence-corrected chi connectivity index (χ0v) is 12.5. The average Bonchev–Trinajstić information content (AvgIpc) is 2.87. The lowest BCUT2D eigenvalue weighted by Gasteiger charge is -2.12. The molecule has 0 aromatic carbocycles. The van der Waals surface area contributed by atoms with Gasteiger partial charge in [-0.1, -0.05) is 6.07 Å². The van der Waals surface area contributed by atoms with Crippen LogP contribution in [0.15, 0.2) is 22.3 Å². The molecule has 2 aromatic heterocycles. The van der Waals surface area contributed by atoms with E-state index in [1.165, 1.54) is 0 Å². The summed E-state index contributed by atoms with van der Waals surface area (Å²) < 4.78 is 0. The molecule has 1 atom stereocenters. The zero-order chi connectivity index (χ0) is 14.7. The Balaban J connectivity index is 2.07. The molecule has 1 amide bonds.